The van der Waals surface area contributed by atoms with Crippen molar-refractivity contribution in [2.75, 3.05) is 6.54 Å². The van der Waals surface area contributed by atoms with Gasteiger partial charge in [-0.25, -0.2) is 9.37 Å². The summed E-state index contributed by atoms with van der Waals surface area (Å²) in [5.74, 6) is 0.872. The van der Waals surface area contributed by atoms with Crippen LogP contribution in [0.3, 0.4) is 0 Å². The van der Waals surface area contributed by atoms with Gasteiger partial charge in [0.15, 0.2) is 0 Å². The first-order valence-corrected chi connectivity index (χ1v) is 8.32. The molecule has 0 spiro atoms. The lowest BCUT2D eigenvalue weighted by molar-refractivity contribution is 0.211. The van der Waals surface area contributed by atoms with E-state index in [-0.39, 0.29) is 5.82 Å². The molecule has 2 aromatic carbocycles. The average Bonchev–Trinajstić information content (AvgIpc) is 3.00. The van der Waals surface area contributed by atoms with E-state index >= 15 is 0 Å². The second-order valence-electron chi connectivity index (χ2n) is 6.32. The minimum Gasteiger partial charge on any atom is -0.329 e. The van der Waals surface area contributed by atoms with Crippen LogP contribution in [-0.2, 0) is 26.1 Å². The maximum absolute atomic E-state index is 13.0. The number of benzene rings is 2. The van der Waals surface area contributed by atoms with E-state index in [0.717, 1.165) is 44.0 Å². The van der Waals surface area contributed by atoms with Gasteiger partial charge < -0.3 is 4.57 Å². The number of aromatic nitrogens is 2. The summed E-state index contributed by atoms with van der Waals surface area (Å²) in [6.07, 6.45) is 2.73. The summed E-state index contributed by atoms with van der Waals surface area (Å²) in [5, 5.41) is 0. The molecule has 4 rings (SSSR count). The van der Waals surface area contributed by atoms with Crippen LogP contribution in [0.25, 0.3) is 0 Å². The summed E-state index contributed by atoms with van der Waals surface area (Å²) in [6, 6.07) is 17.3. The average molecular weight is 321 g/mol. The van der Waals surface area contributed by atoms with Crippen LogP contribution in [0.2, 0.25) is 0 Å². The molecule has 1 aliphatic rings. The first-order chi connectivity index (χ1) is 11.8. The fourth-order valence-corrected chi connectivity index (χ4v) is 3.31. The first-order valence-electron chi connectivity index (χ1n) is 8.32. The maximum Gasteiger partial charge on any atom is 0.123 e. The molecule has 0 atom stereocenters. The Hall–Kier alpha value is -2.46. The molecule has 0 unspecified atom stereocenters. The maximum atomic E-state index is 13.0. The monoisotopic (exact) mass is 321 g/mol. The van der Waals surface area contributed by atoms with E-state index in [9.17, 15) is 4.39 Å². The van der Waals surface area contributed by atoms with Crippen molar-refractivity contribution < 1.29 is 4.39 Å². The first kappa shape index (κ1) is 15.1. The Labute approximate surface area is 141 Å². The number of halogens is 1. The number of fused-ring (bicyclic) bond motifs is 1. The minimum atomic E-state index is -0.194. The molecule has 0 fully saturated rings. The fourth-order valence-electron chi connectivity index (χ4n) is 3.31. The van der Waals surface area contributed by atoms with E-state index in [2.05, 4.69) is 44.8 Å². The quantitative estimate of drug-likeness (QED) is 0.732. The molecule has 0 N–H and O–H groups in total. The molecule has 4 heteroatoms. The Bertz CT molecular complexity index is 809. The number of rotatable bonds is 4. The molecule has 0 aliphatic carbocycles. The third-order valence-electron chi connectivity index (χ3n) is 4.57. The van der Waals surface area contributed by atoms with Crippen molar-refractivity contribution in [3.05, 3.63) is 89.3 Å². The molecule has 0 radical (unpaired) electrons. The molecule has 122 valence electrons. The molecule has 1 aromatic heterocycles. The van der Waals surface area contributed by atoms with Crippen molar-refractivity contribution in [1.29, 1.82) is 0 Å². The smallest absolute Gasteiger partial charge is 0.123 e. The predicted molar refractivity (Wildman–Crippen MR) is 92.0 cm³/mol. The SMILES string of the molecule is Fc1ccc(Cc2ncc3n2CCN(Cc2ccccc2)C3)cc1. The van der Waals surface area contributed by atoms with Crippen LogP contribution >= 0.6 is 0 Å². The van der Waals surface area contributed by atoms with E-state index in [1.165, 1.54) is 23.4 Å². The predicted octanol–water partition coefficient (Wildman–Crippen LogP) is 3.63. The van der Waals surface area contributed by atoms with Crippen molar-refractivity contribution in [1.82, 2.24) is 14.5 Å². The van der Waals surface area contributed by atoms with Crippen molar-refractivity contribution in [2.24, 2.45) is 0 Å². The van der Waals surface area contributed by atoms with E-state index < -0.39 is 0 Å². The Kier molecular flexibility index (Phi) is 4.13. The zero-order valence-electron chi connectivity index (χ0n) is 13.5. The lowest BCUT2D eigenvalue weighted by Crippen LogP contribution is -2.33. The van der Waals surface area contributed by atoms with Gasteiger partial charge in [0.2, 0.25) is 0 Å². The highest BCUT2D eigenvalue weighted by atomic mass is 19.1. The highest BCUT2D eigenvalue weighted by Gasteiger charge is 2.19. The Morgan fingerprint density at radius 1 is 0.917 bits per heavy atom. The van der Waals surface area contributed by atoms with Crippen LogP contribution in [0.5, 0.6) is 0 Å². The number of hydrogen-bond donors (Lipinski definition) is 0. The van der Waals surface area contributed by atoms with E-state index in [1.54, 1.807) is 0 Å². The summed E-state index contributed by atoms with van der Waals surface area (Å²) >= 11 is 0. The molecule has 0 saturated carbocycles. The van der Waals surface area contributed by atoms with Crippen LogP contribution < -0.4 is 0 Å². The zero-order chi connectivity index (χ0) is 16.4. The van der Waals surface area contributed by atoms with Crippen molar-refractivity contribution >= 4 is 0 Å². The van der Waals surface area contributed by atoms with Gasteiger partial charge in [0, 0.05) is 38.8 Å². The van der Waals surface area contributed by atoms with Gasteiger partial charge in [0.25, 0.3) is 0 Å². The van der Waals surface area contributed by atoms with Crippen LogP contribution in [0, 0.1) is 5.82 Å². The van der Waals surface area contributed by atoms with E-state index in [4.69, 9.17) is 0 Å². The van der Waals surface area contributed by atoms with Crippen LogP contribution in [-0.4, -0.2) is 21.0 Å². The van der Waals surface area contributed by atoms with Crippen LogP contribution in [0.1, 0.15) is 22.6 Å². The molecular weight excluding hydrogens is 301 g/mol. The Balaban J connectivity index is 1.46. The second kappa shape index (κ2) is 6.57. The van der Waals surface area contributed by atoms with Crippen LogP contribution in [0.4, 0.5) is 4.39 Å². The van der Waals surface area contributed by atoms with Gasteiger partial charge in [-0.2, -0.15) is 0 Å². The standard InChI is InChI=1S/C20H20FN3/c21-18-8-6-16(7-9-18)12-20-22-13-19-15-23(10-11-24(19)20)14-17-4-2-1-3-5-17/h1-9,13H,10-12,14-15H2. The van der Waals surface area contributed by atoms with E-state index in [1.807, 2.05) is 18.3 Å². The third kappa shape index (κ3) is 3.24. The molecule has 24 heavy (non-hydrogen) atoms. The minimum absolute atomic E-state index is 0.194. The molecule has 0 bridgehead atoms. The Morgan fingerprint density at radius 2 is 1.71 bits per heavy atom. The lowest BCUT2D eigenvalue weighted by atomic mass is 10.1. The molecule has 1 aliphatic heterocycles. The second-order valence-corrected chi connectivity index (χ2v) is 6.32. The van der Waals surface area contributed by atoms with Gasteiger partial charge in [-0.15, -0.1) is 0 Å². The van der Waals surface area contributed by atoms with Crippen molar-refractivity contribution in [2.45, 2.75) is 26.1 Å². The van der Waals surface area contributed by atoms with Gasteiger partial charge >= 0.3 is 0 Å². The highest BCUT2D eigenvalue weighted by molar-refractivity contribution is 5.22. The summed E-state index contributed by atoms with van der Waals surface area (Å²) in [6.45, 7) is 3.87. The molecule has 3 aromatic rings. The summed E-state index contributed by atoms with van der Waals surface area (Å²) < 4.78 is 15.3. The fraction of sp³-hybridized carbons (Fsp3) is 0.250. The van der Waals surface area contributed by atoms with Crippen molar-refractivity contribution in [3.8, 4) is 0 Å². The number of nitrogens with zero attached hydrogens (tertiary/aromatic N) is 3. The van der Waals surface area contributed by atoms with E-state index in [0.29, 0.717) is 0 Å². The van der Waals surface area contributed by atoms with Gasteiger partial charge in [-0.05, 0) is 23.3 Å². The topological polar surface area (TPSA) is 21.1 Å². The number of imidazole rings is 1. The van der Waals surface area contributed by atoms with Gasteiger partial charge in [-0.1, -0.05) is 42.5 Å². The van der Waals surface area contributed by atoms with Crippen molar-refractivity contribution in [3.63, 3.8) is 0 Å². The molecule has 0 amide bonds. The largest absolute Gasteiger partial charge is 0.329 e. The third-order valence-corrected chi connectivity index (χ3v) is 4.57. The molecular formula is C20H20FN3. The zero-order valence-corrected chi connectivity index (χ0v) is 13.5. The molecule has 3 nitrogen and oxygen atoms in total. The lowest BCUT2D eigenvalue weighted by Gasteiger charge is -2.29. The molecule has 2 heterocycles. The summed E-state index contributed by atoms with van der Waals surface area (Å²) in [7, 11) is 0. The Morgan fingerprint density at radius 3 is 2.50 bits per heavy atom. The normalized spacial score (nSPS) is 14.5. The molecule has 0 saturated heterocycles. The summed E-state index contributed by atoms with van der Waals surface area (Å²) in [5.41, 5.74) is 3.70. The highest BCUT2D eigenvalue weighted by Crippen LogP contribution is 2.19. The van der Waals surface area contributed by atoms with Gasteiger partial charge in [-0.3, -0.25) is 4.90 Å². The van der Waals surface area contributed by atoms with Crippen LogP contribution in [0.15, 0.2) is 60.8 Å². The number of hydrogen-bond acceptors (Lipinski definition) is 2. The van der Waals surface area contributed by atoms with Gasteiger partial charge in [0.05, 0.1) is 5.69 Å². The van der Waals surface area contributed by atoms with Gasteiger partial charge in [0.1, 0.15) is 11.6 Å². The summed E-state index contributed by atoms with van der Waals surface area (Å²) in [4.78, 5) is 7.05.